The van der Waals surface area contributed by atoms with Gasteiger partial charge in [0.2, 0.25) is 0 Å². The summed E-state index contributed by atoms with van der Waals surface area (Å²) in [6, 6.07) is -0.173. The molecule has 0 aromatic rings. The van der Waals surface area contributed by atoms with Gasteiger partial charge in [-0.15, -0.1) is 4.40 Å². The maximum absolute atomic E-state index is 12.2. The summed E-state index contributed by atoms with van der Waals surface area (Å²) in [5.74, 6) is -0.226. The van der Waals surface area contributed by atoms with Crippen molar-refractivity contribution in [1.29, 1.82) is 0 Å². The van der Waals surface area contributed by atoms with E-state index in [1.54, 1.807) is 37.3 Å². The molecule has 0 spiro atoms. The van der Waals surface area contributed by atoms with Crippen molar-refractivity contribution in [2.24, 2.45) is 4.40 Å². The van der Waals surface area contributed by atoms with Crippen LogP contribution in [-0.2, 0) is 19.6 Å². The first-order valence-electron chi connectivity index (χ1n) is 6.21. The van der Waals surface area contributed by atoms with Gasteiger partial charge < -0.3 is 15.0 Å². The lowest BCUT2D eigenvalue weighted by Crippen LogP contribution is -2.44. The predicted molar refractivity (Wildman–Crippen MR) is 74.6 cm³/mol. The molecule has 0 aliphatic carbocycles. The van der Waals surface area contributed by atoms with E-state index in [0.29, 0.717) is 13.2 Å². The van der Waals surface area contributed by atoms with Gasteiger partial charge >= 0.3 is 0 Å². The highest BCUT2D eigenvalue weighted by Gasteiger charge is 2.30. The van der Waals surface area contributed by atoms with Gasteiger partial charge in [-0.05, 0) is 19.1 Å². The molecule has 20 heavy (non-hydrogen) atoms. The van der Waals surface area contributed by atoms with Crippen LogP contribution in [0.4, 0.5) is 0 Å². The number of amides is 1. The van der Waals surface area contributed by atoms with E-state index in [1.807, 2.05) is 0 Å². The van der Waals surface area contributed by atoms with Gasteiger partial charge in [0.25, 0.3) is 15.9 Å². The molecule has 2 aliphatic rings. The van der Waals surface area contributed by atoms with Crippen molar-refractivity contribution in [3.8, 4) is 0 Å². The second-order valence-electron chi connectivity index (χ2n) is 4.65. The molecule has 0 saturated heterocycles. The number of ether oxygens (including phenoxy) is 1. The number of nitrogens with zero attached hydrogens (tertiary/aromatic N) is 2. The smallest absolute Gasteiger partial charge is 0.256 e. The van der Waals surface area contributed by atoms with Crippen LogP contribution in [0.1, 0.15) is 6.92 Å². The van der Waals surface area contributed by atoms with Crippen LogP contribution in [0.15, 0.2) is 28.3 Å². The zero-order chi connectivity index (χ0) is 14.8. The van der Waals surface area contributed by atoms with Crippen molar-refractivity contribution in [3.05, 3.63) is 23.9 Å². The first-order chi connectivity index (χ1) is 9.43. The van der Waals surface area contributed by atoms with E-state index in [1.165, 1.54) is 0 Å². The quantitative estimate of drug-likeness (QED) is 0.765. The van der Waals surface area contributed by atoms with Gasteiger partial charge in [0.1, 0.15) is 0 Å². The molecule has 0 aromatic heterocycles. The molecule has 2 aliphatic heterocycles. The SMILES string of the molecule is COCC(C)NC(=O)C1=CC=CN2CCS(=O)(=O)N=C12. The molecule has 0 saturated carbocycles. The van der Waals surface area contributed by atoms with Gasteiger partial charge in [-0.1, -0.05) is 0 Å². The Bertz CT molecular complexity index is 592. The van der Waals surface area contributed by atoms with Gasteiger partial charge in [0.05, 0.1) is 17.9 Å². The fraction of sp³-hybridized carbons (Fsp3) is 0.500. The number of hydrogen-bond acceptors (Lipinski definition) is 5. The minimum absolute atomic E-state index is 0.0458. The highest BCUT2D eigenvalue weighted by atomic mass is 32.2. The lowest BCUT2D eigenvalue weighted by atomic mass is 10.1. The Morgan fingerprint density at radius 2 is 2.35 bits per heavy atom. The minimum atomic E-state index is -3.49. The first kappa shape index (κ1) is 14.7. The van der Waals surface area contributed by atoms with Crippen molar-refractivity contribution >= 4 is 21.8 Å². The Kier molecular flexibility index (Phi) is 4.24. The van der Waals surface area contributed by atoms with Gasteiger partial charge in [-0.25, -0.2) is 8.42 Å². The van der Waals surface area contributed by atoms with Gasteiger partial charge in [0.15, 0.2) is 5.84 Å². The predicted octanol–water partition coefficient (Wildman–Crippen LogP) is -0.365. The molecule has 1 unspecified atom stereocenters. The highest BCUT2D eigenvalue weighted by Crippen LogP contribution is 2.17. The zero-order valence-electron chi connectivity index (χ0n) is 11.4. The molecule has 1 N–H and O–H groups in total. The first-order valence-corrected chi connectivity index (χ1v) is 7.82. The maximum Gasteiger partial charge on any atom is 0.256 e. The van der Waals surface area contributed by atoms with Crippen LogP contribution in [0, 0.1) is 0 Å². The zero-order valence-corrected chi connectivity index (χ0v) is 12.2. The fourth-order valence-electron chi connectivity index (χ4n) is 1.99. The van der Waals surface area contributed by atoms with E-state index < -0.39 is 10.0 Å². The molecule has 0 radical (unpaired) electrons. The second-order valence-corrected chi connectivity index (χ2v) is 6.40. The number of methoxy groups -OCH3 is 1. The van der Waals surface area contributed by atoms with Crippen LogP contribution >= 0.6 is 0 Å². The Labute approximate surface area is 118 Å². The molecule has 0 aromatic carbocycles. The van der Waals surface area contributed by atoms with E-state index in [2.05, 4.69) is 9.71 Å². The van der Waals surface area contributed by atoms with Crippen LogP contribution < -0.4 is 5.32 Å². The summed E-state index contributed by atoms with van der Waals surface area (Å²) >= 11 is 0. The minimum Gasteiger partial charge on any atom is -0.383 e. The van der Waals surface area contributed by atoms with Gasteiger partial charge in [-0.2, -0.15) is 0 Å². The summed E-state index contributed by atoms with van der Waals surface area (Å²) in [4.78, 5) is 13.8. The average molecular weight is 299 g/mol. The molecule has 0 fully saturated rings. The molecule has 7 nitrogen and oxygen atoms in total. The number of carbonyl (C=O) groups is 1. The van der Waals surface area contributed by atoms with Crippen LogP contribution in [0.2, 0.25) is 0 Å². The lowest BCUT2D eigenvalue weighted by Gasteiger charge is -2.29. The Morgan fingerprint density at radius 3 is 3.05 bits per heavy atom. The number of carbonyl (C=O) groups excluding carboxylic acids is 1. The standard InChI is InChI=1S/C12H17N3O4S/c1-9(8-19-2)13-12(16)10-4-3-5-15-6-7-20(17,18)14-11(10)15/h3-5,9H,6-8H2,1-2H3,(H,13,16). The number of allylic oxidation sites excluding steroid dienone is 2. The second kappa shape index (κ2) is 5.76. The normalized spacial score (nSPS) is 21.6. The molecular weight excluding hydrogens is 282 g/mol. The third-order valence-corrected chi connectivity index (χ3v) is 4.05. The van der Waals surface area contributed by atoms with Crippen molar-refractivity contribution in [1.82, 2.24) is 10.2 Å². The number of nitrogens with one attached hydrogen (secondary N) is 1. The fourth-order valence-corrected chi connectivity index (χ4v) is 2.97. The van der Waals surface area contributed by atoms with Crippen molar-refractivity contribution in [3.63, 3.8) is 0 Å². The van der Waals surface area contributed by atoms with E-state index in [-0.39, 0.29) is 29.1 Å². The van der Waals surface area contributed by atoms with Crippen LogP contribution in [0.5, 0.6) is 0 Å². The van der Waals surface area contributed by atoms with E-state index in [9.17, 15) is 13.2 Å². The maximum atomic E-state index is 12.2. The third kappa shape index (κ3) is 3.26. The molecule has 110 valence electrons. The molecule has 8 heteroatoms. The molecule has 2 rings (SSSR count). The Balaban J connectivity index is 2.22. The van der Waals surface area contributed by atoms with E-state index in [4.69, 9.17) is 4.74 Å². The summed E-state index contributed by atoms with van der Waals surface area (Å²) in [5.41, 5.74) is 0.249. The third-order valence-electron chi connectivity index (χ3n) is 2.90. The van der Waals surface area contributed by atoms with E-state index >= 15 is 0 Å². The Hall–Kier alpha value is -1.67. The molecule has 1 atom stereocenters. The number of sulfonamides is 1. The highest BCUT2D eigenvalue weighted by molar-refractivity contribution is 7.90. The topological polar surface area (TPSA) is 88.1 Å². The summed E-state index contributed by atoms with van der Waals surface area (Å²) in [6.07, 6.45) is 4.97. The molecular formula is C12H17N3O4S. The van der Waals surface area contributed by atoms with E-state index in [0.717, 1.165) is 0 Å². The number of amidine groups is 1. The van der Waals surface area contributed by atoms with Crippen molar-refractivity contribution in [2.45, 2.75) is 13.0 Å². The number of rotatable bonds is 4. The van der Waals surface area contributed by atoms with Gasteiger partial charge in [0, 0.05) is 25.9 Å². The van der Waals surface area contributed by atoms with Crippen molar-refractivity contribution < 1.29 is 17.9 Å². The van der Waals surface area contributed by atoms with Gasteiger partial charge in [-0.3, -0.25) is 4.79 Å². The summed E-state index contributed by atoms with van der Waals surface area (Å²) < 4.78 is 31.8. The summed E-state index contributed by atoms with van der Waals surface area (Å²) in [6.45, 7) is 2.48. The monoisotopic (exact) mass is 299 g/mol. The van der Waals surface area contributed by atoms with Crippen LogP contribution in [0.25, 0.3) is 0 Å². The van der Waals surface area contributed by atoms with Crippen LogP contribution in [-0.4, -0.2) is 57.1 Å². The summed E-state index contributed by atoms with van der Waals surface area (Å²) in [7, 11) is -1.94. The summed E-state index contributed by atoms with van der Waals surface area (Å²) in [5, 5.41) is 2.74. The molecule has 0 bridgehead atoms. The largest absolute Gasteiger partial charge is 0.383 e. The Morgan fingerprint density at radius 1 is 1.60 bits per heavy atom. The average Bonchev–Trinajstić information content (AvgIpc) is 2.37. The lowest BCUT2D eigenvalue weighted by molar-refractivity contribution is -0.118. The molecule has 2 heterocycles. The number of hydrogen-bond donors (Lipinski definition) is 1. The number of fused-ring (bicyclic) bond motifs is 1. The molecule has 1 amide bonds. The van der Waals surface area contributed by atoms with Crippen LogP contribution in [0.3, 0.4) is 0 Å². The van der Waals surface area contributed by atoms with Crippen molar-refractivity contribution in [2.75, 3.05) is 26.0 Å².